The van der Waals surface area contributed by atoms with E-state index in [1.54, 1.807) is 31.2 Å². The fraction of sp³-hybridized carbons (Fsp3) is 0.357. The van der Waals surface area contributed by atoms with Crippen molar-refractivity contribution in [3.05, 3.63) is 78.1 Å². The summed E-state index contributed by atoms with van der Waals surface area (Å²) >= 11 is 0. The van der Waals surface area contributed by atoms with Crippen LogP contribution in [0.4, 0.5) is 4.39 Å². The average molecular weight is 528 g/mol. The molecule has 3 aromatic carbocycles. The standard InChI is InChI=1S/C28H34FN3O4S/c1-5-20(3)30-28(34)26(6-2)32(18-21-11-14-24(29)15-12-21)27(33)19-31(4)37(35,36)25-16-13-22-9-7-8-10-23(22)17-25/h7-17,20,26H,5-6,18-19H2,1-4H3,(H,30,34)/t20-,26-/m1/s1. The molecule has 0 aromatic heterocycles. The Morgan fingerprint density at radius 1 is 0.946 bits per heavy atom. The van der Waals surface area contributed by atoms with Gasteiger partial charge in [-0.1, -0.05) is 56.3 Å². The van der Waals surface area contributed by atoms with Crippen molar-refractivity contribution in [3.63, 3.8) is 0 Å². The molecule has 0 heterocycles. The van der Waals surface area contributed by atoms with Gasteiger partial charge in [0.1, 0.15) is 11.9 Å². The molecule has 0 aliphatic carbocycles. The van der Waals surface area contributed by atoms with Crippen molar-refractivity contribution in [1.82, 2.24) is 14.5 Å². The lowest BCUT2D eigenvalue weighted by Crippen LogP contribution is -2.53. The first-order valence-electron chi connectivity index (χ1n) is 12.4. The molecule has 0 bridgehead atoms. The summed E-state index contributed by atoms with van der Waals surface area (Å²) in [5.41, 5.74) is 0.629. The van der Waals surface area contributed by atoms with Crippen molar-refractivity contribution in [3.8, 4) is 0 Å². The normalized spacial score (nSPS) is 13.4. The second kappa shape index (κ2) is 12.3. The minimum Gasteiger partial charge on any atom is -0.352 e. The van der Waals surface area contributed by atoms with Crippen molar-refractivity contribution < 1.29 is 22.4 Å². The van der Waals surface area contributed by atoms with Gasteiger partial charge in [-0.2, -0.15) is 4.31 Å². The van der Waals surface area contributed by atoms with Crippen LogP contribution in [-0.2, 0) is 26.2 Å². The largest absolute Gasteiger partial charge is 0.352 e. The van der Waals surface area contributed by atoms with Crippen molar-refractivity contribution in [1.29, 1.82) is 0 Å². The van der Waals surface area contributed by atoms with E-state index in [2.05, 4.69) is 5.32 Å². The van der Waals surface area contributed by atoms with Crippen LogP contribution in [0.25, 0.3) is 10.8 Å². The van der Waals surface area contributed by atoms with Crippen LogP contribution in [0.3, 0.4) is 0 Å². The van der Waals surface area contributed by atoms with Gasteiger partial charge in [0.2, 0.25) is 21.8 Å². The molecule has 0 fully saturated rings. The number of nitrogens with one attached hydrogen (secondary N) is 1. The Morgan fingerprint density at radius 2 is 1.59 bits per heavy atom. The number of likely N-dealkylation sites (N-methyl/N-ethyl adjacent to an activating group) is 1. The van der Waals surface area contributed by atoms with E-state index in [9.17, 15) is 22.4 Å². The predicted molar refractivity (Wildman–Crippen MR) is 143 cm³/mol. The summed E-state index contributed by atoms with van der Waals surface area (Å²) in [4.78, 5) is 28.1. The first-order chi connectivity index (χ1) is 17.6. The number of hydrogen-bond donors (Lipinski definition) is 1. The first-order valence-corrected chi connectivity index (χ1v) is 13.8. The van der Waals surface area contributed by atoms with E-state index >= 15 is 0 Å². The molecule has 0 saturated carbocycles. The maximum atomic E-state index is 13.5. The van der Waals surface area contributed by atoms with Gasteiger partial charge in [0.15, 0.2) is 0 Å². The predicted octanol–water partition coefficient (Wildman–Crippen LogP) is 4.32. The summed E-state index contributed by atoms with van der Waals surface area (Å²) in [6.45, 7) is 5.20. The zero-order chi connectivity index (χ0) is 27.2. The minimum atomic E-state index is -3.98. The fourth-order valence-corrected chi connectivity index (χ4v) is 5.18. The summed E-state index contributed by atoms with van der Waals surface area (Å²) in [5.74, 6) is -1.25. The summed E-state index contributed by atoms with van der Waals surface area (Å²) < 4.78 is 41.1. The number of benzene rings is 3. The molecule has 0 unspecified atom stereocenters. The average Bonchev–Trinajstić information content (AvgIpc) is 2.89. The van der Waals surface area contributed by atoms with Crippen LogP contribution in [0.2, 0.25) is 0 Å². The van der Waals surface area contributed by atoms with Gasteiger partial charge in [0.05, 0.1) is 11.4 Å². The minimum absolute atomic E-state index is 0.0371. The monoisotopic (exact) mass is 527 g/mol. The highest BCUT2D eigenvalue weighted by Gasteiger charge is 2.32. The molecule has 9 heteroatoms. The van der Waals surface area contributed by atoms with Crippen LogP contribution in [0.5, 0.6) is 0 Å². The molecular formula is C28H34FN3O4S. The maximum Gasteiger partial charge on any atom is 0.243 e. The lowest BCUT2D eigenvalue weighted by Gasteiger charge is -2.32. The van der Waals surface area contributed by atoms with Crippen LogP contribution in [-0.4, -0.2) is 55.1 Å². The lowest BCUT2D eigenvalue weighted by atomic mass is 10.1. The molecule has 2 atom stereocenters. The lowest BCUT2D eigenvalue weighted by molar-refractivity contribution is -0.141. The summed E-state index contributed by atoms with van der Waals surface area (Å²) in [7, 11) is -2.63. The van der Waals surface area contributed by atoms with Crippen molar-refractivity contribution >= 4 is 32.6 Å². The Labute approximate surface area is 218 Å². The van der Waals surface area contributed by atoms with Gasteiger partial charge in [0, 0.05) is 19.6 Å². The summed E-state index contributed by atoms with van der Waals surface area (Å²) in [6.07, 6.45) is 1.05. The first kappa shape index (κ1) is 28.3. The van der Waals surface area contributed by atoms with Crippen molar-refractivity contribution in [2.75, 3.05) is 13.6 Å². The van der Waals surface area contributed by atoms with Gasteiger partial charge < -0.3 is 10.2 Å². The molecule has 0 spiro atoms. The number of rotatable bonds is 11. The molecule has 7 nitrogen and oxygen atoms in total. The molecule has 2 amide bonds. The van der Waals surface area contributed by atoms with E-state index in [0.717, 1.165) is 21.5 Å². The van der Waals surface area contributed by atoms with E-state index in [4.69, 9.17) is 0 Å². The van der Waals surface area contributed by atoms with Crippen molar-refractivity contribution in [2.45, 2.75) is 57.1 Å². The third-order valence-electron chi connectivity index (χ3n) is 6.44. The number of fused-ring (bicyclic) bond motifs is 1. The van der Waals surface area contributed by atoms with E-state index in [1.807, 2.05) is 38.1 Å². The Balaban J connectivity index is 1.88. The SMILES string of the molecule is CC[C@@H](C)NC(=O)[C@@H](CC)N(Cc1ccc(F)cc1)C(=O)CN(C)S(=O)(=O)c1ccc2ccccc2c1. The Hall–Kier alpha value is -3.30. The van der Waals surface area contributed by atoms with Crippen LogP contribution in [0, 0.1) is 5.82 Å². The van der Waals surface area contributed by atoms with Crippen LogP contribution >= 0.6 is 0 Å². The number of amides is 2. The van der Waals surface area contributed by atoms with E-state index in [1.165, 1.54) is 30.1 Å². The smallest absolute Gasteiger partial charge is 0.243 e. The van der Waals surface area contributed by atoms with Crippen LogP contribution in [0.15, 0.2) is 71.6 Å². The van der Waals surface area contributed by atoms with Gasteiger partial charge in [-0.25, -0.2) is 12.8 Å². The highest BCUT2D eigenvalue weighted by Crippen LogP contribution is 2.22. The number of carbonyl (C=O) groups excluding carboxylic acids is 2. The molecule has 0 aliphatic rings. The quantitative estimate of drug-likeness (QED) is 0.402. The number of hydrogen-bond acceptors (Lipinski definition) is 4. The molecule has 198 valence electrons. The van der Waals surface area contributed by atoms with Gasteiger partial charge in [0.25, 0.3) is 0 Å². The number of sulfonamides is 1. The highest BCUT2D eigenvalue weighted by atomic mass is 32.2. The molecular weight excluding hydrogens is 493 g/mol. The Morgan fingerprint density at radius 3 is 2.22 bits per heavy atom. The summed E-state index contributed by atoms with van der Waals surface area (Å²) in [6, 6.07) is 17.0. The van der Waals surface area contributed by atoms with Crippen molar-refractivity contribution in [2.24, 2.45) is 0 Å². The Kier molecular flexibility index (Phi) is 9.39. The number of nitrogens with zero attached hydrogens (tertiary/aromatic N) is 2. The van der Waals surface area contributed by atoms with Gasteiger partial charge >= 0.3 is 0 Å². The van der Waals surface area contributed by atoms with E-state index in [-0.39, 0.29) is 23.4 Å². The summed E-state index contributed by atoms with van der Waals surface area (Å²) in [5, 5.41) is 4.59. The van der Waals surface area contributed by atoms with E-state index < -0.39 is 34.3 Å². The second-order valence-electron chi connectivity index (χ2n) is 9.16. The second-order valence-corrected chi connectivity index (χ2v) is 11.2. The highest BCUT2D eigenvalue weighted by molar-refractivity contribution is 7.89. The molecule has 3 rings (SSSR count). The topological polar surface area (TPSA) is 86.8 Å². The van der Waals surface area contributed by atoms with Crippen LogP contribution < -0.4 is 5.32 Å². The molecule has 0 saturated heterocycles. The molecule has 37 heavy (non-hydrogen) atoms. The molecule has 1 N–H and O–H groups in total. The Bertz CT molecular complexity index is 1350. The van der Waals surface area contributed by atoms with E-state index in [0.29, 0.717) is 12.0 Å². The number of carbonyl (C=O) groups is 2. The number of halogens is 1. The van der Waals surface area contributed by atoms with Gasteiger partial charge in [-0.05, 0) is 60.4 Å². The maximum absolute atomic E-state index is 13.5. The fourth-order valence-electron chi connectivity index (χ4n) is 4.02. The molecule has 3 aromatic rings. The molecule has 0 radical (unpaired) electrons. The van der Waals surface area contributed by atoms with Gasteiger partial charge in [-0.15, -0.1) is 0 Å². The zero-order valence-corrected chi connectivity index (χ0v) is 22.5. The van der Waals surface area contributed by atoms with Gasteiger partial charge in [-0.3, -0.25) is 9.59 Å². The van der Waals surface area contributed by atoms with Crippen LogP contribution in [0.1, 0.15) is 39.2 Å². The third kappa shape index (κ3) is 6.93. The third-order valence-corrected chi connectivity index (χ3v) is 8.24. The zero-order valence-electron chi connectivity index (χ0n) is 21.6. The molecule has 0 aliphatic heterocycles.